The van der Waals surface area contributed by atoms with Crippen LogP contribution >= 0.6 is 35.4 Å². The third kappa shape index (κ3) is 6.82. The maximum Gasteiger partial charge on any atom is 0.250 e. The number of anilines is 3. The zero-order valence-corrected chi connectivity index (χ0v) is 24.8. The summed E-state index contributed by atoms with van der Waals surface area (Å²) in [5, 5.41) is 6.41. The molecule has 0 radical (unpaired) electrons. The molecule has 0 atom stereocenters. The lowest BCUT2D eigenvalue weighted by Gasteiger charge is -2.37. The maximum atomic E-state index is 14.2. The van der Waals surface area contributed by atoms with Crippen molar-refractivity contribution in [3.05, 3.63) is 106 Å². The first kappa shape index (κ1) is 31.3. The van der Waals surface area contributed by atoms with E-state index >= 15 is 0 Å². The molecule has 0 spiro atoms. The van der Waals surface area contributed by atoms with Gasteiger partial charge in [0.15, 0.2) is 28.4 Å². The van der Waals surface area contributed by atoms with Gasteiger partial charge in [0, 0.05) is 54.2 Å². The molecule has 1 aromatic heterocycles. The number of benzene rings is 3. The third-order valence-electron chi connectivity index (χ3n) is 6.73. The Morgan fingerprint density at radius 2 is 1.43 bits per heavy atom. The van der Waals surface area contributed by atoms with Crippen LogP contribution in [0.4, 0.5) is 39.0 Å². The van der Waals surface area contributed by atoms with E-state index in [1.165, 1.54) is 12.2 Å². The fraction of sp³-hybridized carbons (Fsp3) is 0.133. The fourth-order valence-corrected chi connectivity index (χ4v) is 5.29. The van der Waals surface area contributed by atoms with Crippen LogP contribution in [0.3, 0.4) is 0 Å². The zero-order valence-electron chi connectivity index (χ0n) is 22.4. The highest BCUT2D eigenvalue weighted by Gasteiger charge is 2.30. The van der Waals surface area contributed by atoms with Gasteiger partial charge in [-0.2, -0.15) is 0 Å². The number of furan rings is 1. The van der Waals surface area contributed by atoms with Gasteiger partial charge in [-0.15, -0.1) is 0 Å². The van der Waals surface area contributed by atoms with E-state index in [0.717, 1.165) is 10.6 Å². The van der Waals surface area contributed by atoms with Crippen molar-refractivity contribution < 1.29 is 31.2 Å². The first-order valence-electron chi connectivity index (χ1n) is 13.0. The maximum absolute atomic E-state index is 14.2. The number of piperazine rings is 1. The van der Waals surface area contributed by atoms with E-state index in [0.29, 0.717) is 32.8 Å². The Balaban J connectivity index is 1.12. The highest BCUT2D eigenvalue weighted by molar-refractivity contribution is 7.80. The van der Waals surface area contributed by atoms with Crippen molar-refractivity contribution >= 4 is 69.6 Å². The number of thiocarbonyl (C=S) groups is 1. The summed E-state index contributed by atoms with van der Waals surface area (Å²) in [6.07, 6.45) is 2.74. The van der Waals surface area contributed by atoms with Gasteiger partial charge in [0.1, 0.15) is 17.2 Å². The molecule has 1 aliphatic heterocycles. The normalized spacial score (nSPS) is 13.4. The molecule has 2 heterocycles. The van der Waals surface area contributed by atoms with Gasteiger partial charge in [-0.1, -0.05) is 23.2 Å². The molecule has 0 bridgehead atoms. The lowest BCUT2D eigenvalue weighted by atomic mass is 10.2. The van der Waals surface area contributed by atoms with Crippen LogP contribution in [0.1, 0.15) is 5.76 Å². The van der Waals surface area contributed by atoms with Gasteiger partial charge in [0.05, 0.1) is 5.02 Å². The van der Waals surface area contributed by atoms with Gasteiger partial charge in [-0.25, -0.2) is 22.0 Å². The molecule has 14 heteroatoms. The van der Waals surface area contributed by atoms with E-state index in [4.69, 9.17) is 39.8 Å². The fourth-order valence-electron chi connectivity index (χ4n) is 4.56. The average Bonchev–Trinajstić information content (AvgIpc) is 3.47. The summed E-state index contributed by atoms with van der Waals surface area (Å²) >= 11 is 17.4. The largest absolute Gasteiger partial charge is 0.457 e. The lowest BCUT2D eigenvalue weighted by molar-refractivity contribution is -0.115. The van der Waals surface area contributed by atoms with Gasteiger partial charge >= 0.3 is 0 Å². The Bertz CT molecular complexity index is 1730. The van der Waals surface area contributed by atoms with E-state index in [9.17, 15) is 26.7 Å². The van der Waals surface area contributed by atoms with E-state index in [2.05, 4.69) is 10.6 Å². The quantitative estimate of drug-likeness (QED) is 0.0720. The Morgan fingerprint density at radius 3 is 2.07 bits per heavy atom. The molecule has 228 valence electrons. The van der Waals surface area contributed by atoms with E-state index in [1.54, 1.807) is 54.6 Å². The summed E-state index contributed by atoms with van der Waals surface area (Å²) in [5.41, 5.74) is 1.08. The number of hydrogen-bond acceptors (Lipinski definition) is 5. The molecule has 3 aromatic carbocycles. The van der Waals surface area contributed by atoms with Gasteiger partial charge in [0.25, 0.3) is 0 Å². The molecule has 1 fully saturated rings. The third-order valence-corrected chi connectivity index (χ3v) is 7.48. The number of nitrogens with zero attached hydrogens (tertiary/aromatic N) is 2. The molecular weight excluding hydrogens is 646 g/mol. The second kappa shape index (κ2) is 13.2. The Hall–Kier alpha value is -4.13. The van der Waals surface area contributed by atoms with Crippen molar-refractivity contribution in [1.82, 2.24) is 5.32 Å². The van der Waals surface area contributed by atoms with Crippen molar-refractivity contribution in [3.8, 4) is 11.3 Å². The number of rotatable bonds is 6. The molecule has 0 saturated carbocycles. The molecule has 0 unspecified atom stereocenters. The van der Waals surface area contributed by atoms with E-state index in [1.807, 2.05) is 4.90 Å². The molecule has 1 amide bonds. The monoisotopic (exact) mass is 666 g/mol. The van der Waals surface area contributed by atoms with Crippen LogP contribution in [0, 0.1) is 29.1 Å². The first-order chi connectivity index (χ1) is 21.0. The van der Waals surface area contributed by atoms with Gasteiger partial charge in [0.2, 0.25) is 11.7 Å². The minimum Gasteiger partial charge on any atom is -0.457 e. The van der Waals surface area contributed by atoms with Crippen molar-refractivity contribution in [1.29, 1.82) is 0 Å². The van der Waals surface area contributed by atoms with Crippen LogP contribution in [-0.2, 0) is 4.79 Å². The smallest absolute Gasteiger partial charge is 0.250 e. The summed E-state index contributed by atoms with van der Waals surface area (Å²) in [6, 6.07) is 15.4. The molecular formula is C30H21Cl2F5N4O2S. The van der Waals surface area contributed by atoms with Crippen molar-refractivity contribution in [3.63, 3.8) is 0 Å². The summed E-state index contributed by atoms with van der Waals surface area (Å²) in [6.45, 7) is 0.625. The molecule has 5 rings (SSSR count). The van der Waals surface area contributed by atoms with Crippen LogP contribution in [0.25, 0.3) is 17.4 Å². The Labute approximate surface area is 263 Å². The Morgan fingerprint density at radius 1 is 0.818 bits per heavy atom. The first-order valence-corrected chi connectivity index (χ1v) is 14.1. The van der Waals surface area contributed by atoms with Crippen LogP contribution in [0.2, 0.25) is 10.0 Å². The molecule has 0 aliphatic carbocycles. The molecule has 6 nitrogen and oxygen atoms in total. The summed E-state index contributed by atoms with van der Waals surface area (Å²) < 4.78 is 74.8. The number of nitrogens with one attached hydrogen (secondary N) is 2. The lowest BCUT2D eigenvalue weighted by Crippen LogP contribution is -2.47. The summed E-state index contributed by atoms with van der Waals surface area (Å²) in [4.78, 5) is 15.4. The standard InChI is InChI=1S/C30H21Cl2F5N4O2S/c31-16-1-8-20(21(32)15-16)22-9-6-19(43-22)7-10-23(42)39-30(44)38-17-2-4-18(5-3-17)40-11-13-41(14-12-40)29-27(36)25(34)24(33)26(35)28(29)37/h1-10,15H,11-14H2,(H2,38,39,42,44)/b10-7+. The predicted octanol–water partition coefficient (Wildman–Crippen LogP) is 7.80. The second-order valence-electron chi connectivity index (χ2n) is 9.54. The van der Waals surface area contributed by atoms with Crippen LogP contribution < -0.4 is 20.4 Å². The van der Waals surface area contributed by atoms with Crippen molar-refractivity contribution in [2.24, 2.45) is 0 Å². The predicted molar refractivity (Wildman–Crippen MR) is 165 cm³/mol. The topological polar surface area (TPSA) is 60.8 Å². The SMILES string of the molecule is O=C(/C=C/c1ccc(-c2ccc(Cl)cc2Cl)o1)NC(=S)Nc1ccc(N2CCN(c3c(F)c(F)c(F)c(F)c3F)CC2)cc1. The molecule has 1 saturated heterocycles. The highest BCUT2D eigenvalue weighted by atomic mass is 35.5. The van der Waals surface area contributed by atoms with Crippen LogP contribution in [0.5, 0.6) is 0 Å². The van der Waals surface area contributed by atoms with Gasteiger partial charge in [-0.05, 0) is 72.9 Å². The van der Waals surface area contributed by atoms with E-state index < -0.39 is 40.7 Å². The van der Waals surface area contributed by atoms with Crippen LogP contribution in [-0.4, -0.2) is 37.2 Å². The molecule has 44 heavy (non-hydrogen) atoms. The summed E-state index contributed by atoms with van der Waals surface area (Å²) in [5.74, 6) is -9.39. The zero-order chi connectivity index (χ0) is 31.5. The number of carbonyl (C=O) groups is 1. The minimum atomic E-state index is -2.18. The minimum absolute atomic E-state index is 0.0379. The number of carbonyl (C=O) groups excluding carboxylic acids is 1. The van der Waals surface area contributed by atoms with Crippen LogP contribution in [0.15, 0.2) is 65.1 Å². The molecule has 4 aromatic rings. The highest BCUT2D eigenvalue weighted by Crippen LogP contribution is 2.33. The average molecular weight is 667 g/mol. The molecule has 1 aliphatic rings. The second-order valence-corrected chi connectivity index (χ2v) is 10.8. The number of hydrogen-bond donors (Lipinski definition) is 2. The van der Waals surface area contributed by atoms with E-state index in [-0.39, 0.29) is 31.3 Å². The summed E-state index contributed by atoms with van der Waals surface area (Å²) in [7, 11) is 0. The molecule has 2 N–H and O–H groups in total. The Kier molecular flexibility index (Phi) is 9.42. The number of halogens is 7. The van der Waals surface area contributed by atoms with Crippen molar-refractivity contribution in [2.75, 3.05) is 41.3 Å². The van der Waals surface area contributed by atoms with Gasteiger partial charge < -0.3 is 19.5 Å². The number of amides is 1. The van der Waals surface area contributed by atoms with Gasteiger partial charge in [-0.3, -0.25) is 10.1 Å². The van der Waals surface area contributed by atoms with Crippen molar-refractivity contribution in [2.45, 2.75) is 0 Å².